The van der Waals surface area contributed by atoms with Crippen molar-refractivity contribution in [2.45, 2.75) is 0 Å². The van der Waals surface area contributed by atoms with Crippen LogP contribution in [0, 0.1) is 11.3 Å². The largest absolute Gasteiger partial charge is 0.462 e. The van der Waals surface area contributed by atoms with Gasteiger partial charge in [-0.05, 0) is 11.6 Å². The van der Waals surface area contributed by atoms with Crippen LogP contribution in [0.3, 0.4) is 0 Å². The lowest BCUT2D eigenvalue weighted by Gasteiger charge is -1.97. The highest BCUT2D eigenvalue weighted by Gasteiger charge is 1.97. The van der Waals surface area contributed by atoms with Crippen molar-refractivity contribution in [2.24, 2.45) is 0 Å². The average Bonchev–Trinajstić information content (AvgIpc) is 2.35. The highest BCUT2D eigenvalue weighted by atomic mass is 16.5. The molecule has 0 atom stereocenters. The molecule has 16 heavy (non-hydrogen) atoms. The normalized spacial score (nSPS) is 10.3. The van der Waals surface area contributed by atoms with E-state index in [1.807, 2.05) is 6.07 Å². The first-order valence-corrected chi connectivity index (χ1v) is 4.51. The van der Waals surface area contributed by atoms with Crippen LogP contribution in [0.2, 0.25) is 0 Å². The zero-order valence-corrected chi connectivity index (χ0v) is 8.42. The molecule has 4 heteroatoms. The predicted octanol–water partition coefficient (Wildman–Crippen LogP) is 1.58. The molecule has 0 radical (unpaired) electrons. The Labute approximate surface area is 92.8 Å². The topological polar surface area (TPSA) is 67.2 Å². The van der Waals surface area contributed by atoms with Gasteiger partial charge in [0.25, 0.3) is 6.47 Å². The summed E-state index contributed by atoms with van der Waals surface area (Å²) in [7, 11) is 0. The number of nitrogens with zero attached hydrogens (tertiary/aromatic N) is 1. The van der Waals surface area contributed by atoms with Crippen molar-refractivity contribution >= 4 is 18.8 Å². The number of ether oxygens (including phenoxy) is 1. The molecule has 1 rings (SSSR count). The second-order valence-corrected chi connectivity index (χ2v) is 2.97. The standard InChI is InChI=1S/C12H9NO3/c13-6-12(8-16-9-15)5-10-1-3-11(7-14)4-2-10/h1-5,7,9H,8H2/b12-5+. The number of hydrogen-bond acceptors (Lipinski definition) is 4. The van der Waals surface area contributed by atoms with Crippen LogP contribution in [-0.4, -0.2) is 19.4 Å². The number of benzene rings is 1. The van der Waals surface area contributed by atoms with Gasteiger partial charge in [0.2, 0.25) is 0 Å². The van der Waals surface area contributed by atoms with Crippen molar-refractivity contribution in [1.29, 1.82) is 5.26 Å². The lowest BCUT2D eigenvalue weighted by atomic mass is 10.1. The molecular weight excluding hydrogens is 206 g/mol. The molecule has 1 aromatic carbocycles. The maximum Gasteiger partial charge on any atom is 0.293 e. The Morgan fingerprint density at radius 1 is 1.25 bits per heavy atom. The minimum absolute atomic E-state index is 0.0462. The first-order valence-electron chi connectivity index (χ1n) is 4.51. The van der Waals surface area contributed by atoms with E-state index in [4.69, 9.17) is 5.26 Å². The van der Waals surface area contributed by atoms with Gasteiger partial charge in [-0.25, -0.2) is 0 Å². The van der Waals surface area contributed by atoms with E-state index in [1.54, 1.807) is 30.3 Å². The summed E-state index contributed by atoms with van der Waals surface area (Å²) in [6.07, 6.45) is 2.34. The quantitative estimate of drug-likeness (QED) is 0.552. The Morgan fingerprint density at radius 2 is 1.88 bits per heavy atom. The van der Waals surface area contributed by atoms with E-state index in [2.05, 4.69) is 4.74 Å². The summed E-state index contributed by atoms with van der Waals surface area (Å²) in [5.41, 5.74) is 1.68. The number of aldehydes is 1. The maximum atomic E-state index is 10.4. The summed E-state index contributed by atoms with van der Waals surface area (Å²) in [5.74, 6) is 0. The summed E-state index contributed by atoms with van der Waals surface area (Å²) >= 11 is 0. The van der Waals surface area contributed by atoms with E-state index in [1.165, 1.54) is 0 Å². The minimum Gasteiger partial charge on any atom is -0.462 e. The zero-order valence-electron chi connectivity index (χ0n) is 8.42. The van der Waals surface area contributed by atoms with Crippen LogP contribution in [0.4, 0.5) is 0 Å². The lowest BCUT2D eigenvalue weighted by Crippen LogP contribution is -1.94. The van der Waals surface area contributed by atoms with E-state index in [0.29, 0.717) is 17.6 Å². The van der Waals surface area contributed by atoms with Gasteiger partial charge in [0.1, 0.15) is 12.9 Å². The highest BCUT2D eigenvalue weighted by Crippen LogP contribution is 2.08. The van der Waals surface area contributed by atoms with Gasteiger partial charge in [0.05, 0.1) is 11.6 Å². The fourth-order valence-electron chi connectivity index (χ4n) is 1.10. The molecule has 0 spiro atoms. The van der Waals surface area contributed by atoms with Crippen LogP contribution < -0.4 is 0 Å². The lowest BCUT2D eigenvalue weighted by molar-refractivity contribution is -0.127. The van der Waals surface area contributed by atoms with Crippen molar-refractivity contribution in [2.75, 3.05) is 6.61 Å². The SMILES string of the molecule is N#C/C(=C\c1ccc(C=O)cc1)COC=O. The molecule has 0 aromatic heterocycles. The number of carbonyl (C=O) groups excluding carboxylic acids is 2. The molecule has 0 aliphatic rings. The Bertz CT molecular complexity index is 440. The summed E-state index contributed by atoms with van der Waals surface area (Å²) in [5, 5.41) is 8.74. The van der Waals surface area contributed by atoms with E-state index in [-0.39, 0.29) is 6.61 Å². The molecule has 80 valence electrons. The molecule has 0 aliphatic heterocycles. The Hall–Kier alpha value is -2.41. The number of nitriles is 1. The van der Waals surface area contributed by atoms with Gasteiger partial charge in [-0.15, -0.1) is 0 Å². The van der Waals surface area contributed by atoms with Crippen LogP contribution in [-0.2, 0) is 9.53 Å². The van der Waals surface area contributed by atoms with E-state index >= 15 is 0 Å². The molecule has 0 heterocycles. The van der Waals surface area contributed by atoms with Gasteiger partial charge in [-0.1, -0.05) is 24.3 Å². The van der Waals surface area contributed by atoms with Gasteiger partial charge < -0.3 is 4.74 Å². The molecule has 0 N–H and O–H groups in total. The third-order valence-corrected chi connectivity index (χ3v) is 1.86. The summed E-state index contributed by atoms with van der Waals surface area (Å²) in [6.45, 7) is 0.246. The molecule has 0 unspecified atom stereocenters. The van der Waals surface area contributed by atoms with Crippen molar-refractivity contribution in [3.05, 3.63) is 41.0 Å². The van der Waals surface area contributed by atoms with Crippen LogP contribution in [0.15, 0.2) is 29.8 Å². The van der Waals surface area contributed by atoms with Crippen LogP contribution in [0.1, 0.15) is 15.9 Å². The highest BCUT2D eigenvalue weighted by molar-refractivity contribution is 5.75. The second-order valence-electron chi connectivity index (χ2n) is 2.97. The van der Waals surface area contributed by atoms with Crippen molar-refractivity contribution < 1.29 is 14.3 Å². The monoisotopic (exact) mass is 215 g/mol. The molecule has 0 bridgehead atoms. The number of carbonyl (C=O) groups is 2. The molecule has 4 nitrogen and oxygen atoms in total. The fourth-order valence-corrected chi connectivity index (χ4v) is 1.10. The molecule has 0 fully saturated rings. The summed E-state index contributed by atoms with van der Waals surface area (Å²) in [6, 6.07) is 8.64. The Morgan fingerprint density at radius 3 is 2.38 bits per heavy atom. The predicted molar refractivity (Wildman–Crippen MR) is 57.4 cm³/mol. The van der Waals surface area contributed by atoms with Gasteiger partial charge in [0, 0.05) is 5.56 Å². The van der Waals surface area contributed by atoms with E-state index < -0.39 is 0 Å². The molecule has 0 saturated heterocycles. The van der Waals surface area contributed by atoms with Gasteiger partial charge in [0.15, 0.2) is 0 Å². The zero-order chi connectivity index (χ0) is 11.8. The number of hydrogen-bond donors (Lipinski definition) is 0. The number of rotatable bonds is 5. The third kappa shape index (κ3) is 3.39. The van der Waals surface area contributed by atoms with Gasteiger partial charge >= 0.3 is 0 Å². The van der Waals surface area contributed by atoms with Crippen LogP contribution in [0.5, 0.6) is 0 Å². The van der Waals surface area contributed by atoms with Crippen molar-refractivity contribution in [3.8, 4) is 6.07 Å². The average molecular weight is 215 g/mol. The molecule has 1 aromatic rings. The Balaban J connectivity index is 2.82. The first kappa shape index (κ1) is 11.7. The van der Waals surface area contributed by atoms with Crippen LogP contribution >= 0.6 is 0 Å². The molecule has 0 saturated carbocycles. The molecule has 0 amide bonds. The Kier molecular flexibility index (Phi) is 4.48. The smallest absolute Gasteiger partial charge is 0.293 e. The first-order chi connectivity index (χ1) is 7.80. The van der Waals surface area contributed by atoms with Gasteiger partial charge in [-0.3, -0.25) is 9.59 Å². The maximum absolute atomic E-state index is 10.4. The van der Waals surface area contributed by atoms with Gasteiger partial charge in [-0.2, -0.15) is 5.26 Å². The third-order valence-electron chi connectivity index (χ3n) is 1.86. The van der Waals surface area contributed by atoms with Crippen LogP contribution in [0.25, 0.3) is 6.08 Å². The summed E-state index contributed by atoms with van der Waals surface area (Å²) in [4.78, 5) is 20.4. The molecule has 0 aliphatic carbocycles. The minimum atomic E-state index is -0.0462. The van der Waals surface area contributed by atoms with Crippen molar-refractivity contribution in [1.82, 2.24) is 0 Å². The van der Waals surface area contributed by atoms with E-state index in [0.717, 1.165) is 11.8 Å². The second kappa shape index (κ2) is 6.14. The molecular formula is C12H9NO3. The fraction of sp³-hybridized carbons (Fsp3) is 0.0833. The van der Waals surface area contributed by atoms with E-state index in [9.17, 15) is 9.59 Å². The summed E-state index contributed by atoms with van der Waals surface area (Å²) < 4.78 is 4.48. The van der Waals surface area contributed by atoms with Crippen molar-refractivity contribution in [3.63, 3.8) is 0 Å².